The quantitative estimate of drug-likeness (QED) is 0.578. The van der Waals surface area contributed by atoms with Crippen molar-refractivity contribution in [3.63, 3.8) is 0 Å². The highest BCUT2D eigenvalue weighted by atomic mass is 127. The van der Waals surface area contributed by atoms with Gasteiger partial charge in [0.2, 0.25) is 6.23 Å². The van der Waals surface area contributed by atoms with Gasteiger partial charge in [-0.25, -0.2) is 4.79 Å². The molecule has 10 heteroatoms. The van der Waals surface area contributed by atoms with Crippen LogP contribution in [0.4, 0.5) is 14.6 Å². The summed E-state index contributed by atoms with van der Waals surface area (Å²) in [4.78, 5) is 15.0. The molecule has 7 nitrogen and oxygen atoms in total. The first-order valence-corrected chi connectivity index (χ1v) is 6.23. The molecule has 0 saturated carbocycles. The van der Waals surface area contributed by atoms with Crippen molar-refractivity contribution in [2.45, 2.75) is 24.4 Å². The third-order valence-corrected chi connectivity index (χ3v) is 3.58. The molecule has 1 aliphatic rings. The summed E-state index contributed by atoms with van der Waals surface area (Å²) in [7, 11) is 0. The van der Waals surface area contributed by atoms with Gasteiger partial charge in [0.25, 0.3) is 0 Å². The average Bonchev–Trinajstić information content (AvgIpc) is 2.56. The van der Waals surface area contributed by atoms with E-state index in [0.717, 1.165) is 6.20 Å². The second-order valence-corrected chi connectivity index (χ2v) is 5.15. The Bertz CT molecular complexity index is 553. The molecular formula is C9H10F2IN3O4. The van der Waals surface area contributed by atoms with E-state index in [1.165, 1.54) is 0 Å². The van der Waals surface area contributed by atoms with E-state index in [1.807, 2.05) is 0 Å². The van der Waals surface area contributed by atoms with Crippen LogP contribution < -0.4 is 11.4 Å². The van der Waals surface area contributed by atoms with Crippen molar-refractivity contribution in [3.8, 4) is 0 Å². The number of anilines is 1. The molecule has 3 atom stereocenters. The monoisotopic (exact) mass is 389 g/mol. The molecule has 1 aromatic heterocycles. The Hall–Kier alpha value is -0.850. The molecule has 2 rings (SSSR count). The number of hydrogen-bond donors (Lipinski definition) is 3. The number of halogens is 3. The molecular weight excluding hydrogens is 379 g/mol. The highest BCUT2D eigenvalue weighted by Gasteiger charge is 2.59. The van der Waals surface area contributed by atoms with Crippen LogP contribution in [0.25, 0.3) is 0 Å². The number of nitrogens with zero attached hydrogens (tertiary/aromatic N) is 2. The van der Waals surface area contributed by atoms with Crippen LogP contribution in [0, 0.1) is 3.57 Å². The standard InChI is InChI=1S/C9H10F2IN3O4/c10-9(11)5(17)4(2-16)19-7(9)15-1-3(12)6(13)14-8(15)18/h1,4-5,7,16-17H,2H2,(H2,13,14,18)/t4-,5-,7-/m1/s1. The number of nitrogens with two attached hydrogens (primary N) is 1. The van der Waals surface area contributed by atoms with E-state index in [1.54, 1.807) is 22.6 Å². The Morgan fingerprint density at radius 3 is 2.79 bits per heavy atom. The van der Waals surface area contributed by atoms with Gasteiger partial charge in [-0.3, -0.25) is 4.57 Å². The molecule has 0 amide bonds. The number of aromatic nitrogens is 2. The second-order valence-electron chi connectivity index (χ2n) is 3.99. The highest BCUT2D eigenvalue weighted by molar-refractivity contribution is 14.1. The van der Waals surface area contributed by atoms with Gasteiger partial charge < -0.3 is 20.7 Å². The number of aliphatic hydroxyl groups is 2. The lowest BCUT2D eigenvalue weighted by molar-refractivity contribution is -0.141. The molecule has 1 aromatic rings. The van der Waals surface area contributed by atoms with Crippen molar-refractivity contribution in [2.24, 2.45) is 0 Å². The number of aliphatic hydroxyl groups excluding tert-OH is 2. The molecule has 0 aromatic carbocycles. The van der Waals surface area contributed by atoms with Crippen LogP contribution in [-0.2, 0) is 4.74 Å². The number of hydrogen-bond acceptors (Lipinski definition) is 6. The molecule has 0 aliphatic carbocycles. The van der Waals surface area contributed by atoms with Crippen LogP contribution in [0.1, 0.15) is 6.23 Å². The first-order chi connectivity index (χ1) is 8.78. The van der Waals surface area contributed by atoms with Gasteiger partial charge in [-0.15, -0.1) is 0 Å². The van der Waals surface area contributed by atoms with Gasteiger partial charge in [0.05, 0.1) is 10.2 Å². The first-order valence-electron chi connectivity index (χ1n) is 5.15. The van der Waals surface area contributed by atoms with E-state index >= 15 is 0 Å². The molecule has 1 fully saturated rings. The van der Waals surface area contributed by atoms with Gasteiger partial charge in [-0.1, -0.05) is 0 Å². The molecule has 1 saturated heterocycles. The summed E-state index contributed by atoms with van der Waals surface area (Å²) < 4.78 is 33.3. The Labute approximate surface area is 119 Å². The van der Waals surface area contributed by atoms with Crippen molar-refractivity contribution in [3.05, 3.63) is 20.3 Å². The Morgan fingerprint density at radius 1 is 1.63 bits per heavy atom. The Balaban J connectivity index is 2.48. The fraction of sp³-hybridized carbons (Fsp3) is 0.556. The van der Waals surface area contributed by atoms with Crippen molar-refractivity contribution < 1.29 is 23.7 Å². The third kappa shape index (κ3) is 2.32. The maximum atomic E-state index is 13.8. The number of ether oxygens (including phenoxy) is 1. The maximum absolute atomic E-state index is 13.8. The fourth-order valence-electron chi connectivity index (χ4n) is 1.74. The van der Waals surface area contributed by atoms with E-state index in [2.05, 4.69) is 4.98 Å². The van der Waals surface area contributed by atoms with Crippen LogP contribution in [0.5, 0.6) is 0 Å². The SMILES string of the molecule is Nc1nc(=O)n([C@@H]2O[C@H](CO)[C@@H](O)C2(F)F)cc1I. The van der Waals surface area contributed by atoms with Crippen LogP contribution in [0.15, 0.2) is 11.0 Å². The maximum Gasteiger partial charge on any atom is 0.351 e. The van der Waals surface area contributed by atoms with Crippen molar-refractivity contribution >= 4 is 28.4 Å². The summed E-state index contributed by atoms with van der Waals surface area (Å²) in [6, 6.07) is 0. The van der Waals surface area contributed by atoms with Crippen molar-refractivity contribution in [1.82, 2.24) is 9.55 Å². The molecule has 2 heterocycles. The zero-order valence-corrected chi connectivity index (χ0v) is 11.5. The zero-order chi connectivity index (χ0) is 14.4. The predicted octanol–water partition coefficient (Wildman–Crippen LogP) is -0.684. The average molecular weight is 389 g/mol. The van der Waals surface area contributed by atoms with Crippen LogP contribution in [-0.4, -0.2) is 44.5 Å². The zero-order valence-electron chi connectivity index (χ0n) is 9.33. The largest absolute Gasteiger partial charge is 0.394 e. The Morgan fingerprint density at radius 2 is 2.26 bits per heavy atom. The van der Waals surface area contributed by atoms with Gasteiger partial charge in [-0.2, -0.15) is 13.8 Å². The van der Waals surface area contributed by atoms with E-state index in [-0.39, 0.29) is 5.82 Å². The minimum atomic E-state index is -3.72. The first kappa shape index (κ1) is 14.6. The van der Waals surface area contributed by atoms with Gasteiger partial charge in [0.1, 0.15) is 11.9 Å². The van der Waals surface area contributed by atoms with Gasteiger partial charge in [0, 0.05) is 6.20 Å². The lowest BCUT2D eigenvalue weighted by atomic mass is 10.1. The summed E-state index contributed by atoms with van der Waals surface area (Å²) in [5.74, 6) is -3.81. The molecule has 0 radical (unpaired) electrons. The predicted molar refractivity (Wildman–Crippen MR) is 67.6 cm³/mol. The fourth-order valence-corrected chi connectivity index (χ4v) is 2.16. The summed E-state index contributed by atoms with van der Waals surface area (Å²) in [6.07, 6.45) is -4.64. The summed E-state index contributed by atoms with van der Waals surface area (Å²) >= 11 is 1.73. The molecule has 1 aliphatic heterocycles. The number of alkyl halides is 2. The second kappa shape index (κ2) is 4.92. The lowest BCUT2D eigenvalue weighted by Crippen LogP contribution is -2.42. The van der Waals surface area contributed by atoms with Crippen LogP contribution >= 0.6 is 22.6 Å². The summed E-state index contributed by atoms with van der Waals surface area (Å²) in [5, 5.41) is 18.2. The molecule has 106 valence electrons. The normalized spacial score (nSPS) is 29.6. The number of nitrogen functional groups attached to an aromatic ring is 1. The van der Waals surface area contributed by atoms with E-state index in [4.69, 9.17) is 15.6 Å². The molecule has 19 heavy (non-hydrogen) atoms. The smallest absolute Gasteiger partial charge is 0.351 e. The number of rotatable bonds is 2. The Kier molecular flexibility index (Phi) is 3.77. The minimum absolute atomic E-state index is 0.0811. The van der Waals surface area contributed by atoms with Gasteiger partial charge >= 0.3 is 11.6 Å². The highest BCUT2D eigenvalue weighted by Crippen LogP contribution is 2.42. The van der Waals surface area contributed by atoms with Crippen molar-refractivity contribution in [1.29, 1.82) is 0 Å². The van der Waals surface area contributed by atoms with Crippen LogP contribution in [0.2, 0.25) is 0 Å². The molecule has 0 spiro atoms. The van der Waals surface area contributed by atoms with Gasteiger partial charge in [0.15, 0.2) is 6.10 Å². The minimum Gasteiger partial charge on any atom is -0.394 e. The molecule has 0 unspecified atom stereocenters. The van der Waals surface area contributed by atoms with Crippen LogP contribution in [0.3, 0.4) is 0 Å². The van der Waals surface area contributed by atoms with Gasteiger partial charge in [-0.05, 0) is 22.6 Å². The lowest BCUT2D eigenvalue weighted by Gasteiger charge is -2.21. The third-order valence-electron chi connectivity index (χ3n) is 2.75. The topological polar surface area (TPSA) is 111 Å². The molecule has 4 N–H and O–H groups in total. The van der Waals surface area contributed by atoms with E-state index in [9.17, 15) is 18.7 Å². The van der Waals surface area contributed by atoms with E-state index < -0.39 is 36.7 Å². The van der Waals surface area contributed by atoms with E-state index in [0.29, 0.717) is 8.14 Å². The summed E-state index contributed by atoms with van der Waals surface area (Å²) in [6.45, 7) is -0.790. The van der Waals surface area contributed by atoms with Crippen molar-refractivity contribution in [2.75, 3.05) is 12.3 Å². The molecule has 0 bridgehead atoms. The summed E-state index contributed by atoms with van der Waals surface area (Å²) in [5.41, 5.74) is 4.37.